The fourth-order valence-corrected chi connectivity index (χ4v) is 2.07. The molecule has 0 aliphatic carbocycles. The van der Waals surface area contributed by atoms with E-state index in [1.54, 1.807) is 0 Å². The van der Waals surface area contributed by atoms with Crippen LogP contribution in [-0.2, 0) is 4.74 Å². The first-order valence-corrected chi connectivity index (χ1v) is 5.70. The van der Waals surface area contributed by atoms with E-state index in [0.717, 1.165) is 37.7 Å². The number of ether oxygens (including phenoxy) is 1. The minimum atomic E-state index is 0.0881. The van der Waals surface area contributed by atoms with Gasteiger partial charge >= 0.3 is 0 Å². The Hall–Kier alpha value is -1.75. The number of aliphatic imine (C=N–C) groups is 1. The van der Waals surface area contributed by atoms with Crippen LogP contribution in [0.3, 0.4) is 0 Å². The third kappa shape index (κ3) is 2.68. The number of nitrogens with zero attached hydrogens (tertiary/aromatic N) is 2. The van der Waals surface area contributed by atoms with Crippen molar-refractivity contribution in [2.45, 2.75) is 6.92 Å². The molecule has 1 heterocycles. The lowest BCUT2D eigenvalue weighted by Crippen LogP contribution is -2.36. The van der Waals surface area contributed by atoms with Gasteiger partial charge in [-0.15, -0.1) is 0 Å². The van der Waals surface area contributed by atoms with Gasteiger partial charge in [0.15, 0.2) is 5.96 Å². The van der Waals surface area contributed by atoms with Crippen LogP contribution in [0.25, 0.3) is 0 Å². The first kappa shape index (κ1) is 11.7. The predicted octanol–water partition coefficient (Wildman–Crippen LogP) is 0.737. The van der Waals surface area contributed by atoms with Gasteiger partial charge in [0.05, 0.1) is 24.6 Å². The smallest absolute Gasteiger partial charge is 0.191 e. The Balaban J connectivity index is 2.39. The zero-order valence-corrected chi connectivity index (χ0v) is 10.0. The monoisotopic (exact) mass is 234 g/mol. The summed E-state index contributed by atoms with van der Waals surface area (Å²) in [7, 11) is 0. The summed E-state index contributed by atoms with van der Waals surface area (Å²) in [5.41, 5.74) is 14.0. The normalized spacial score (nSPS) is 15.7. The second-order valence-electron chi connectivity index (χ2n) is 4.08. The van der Waals surface area contributed by atoms with Crippen LogP contribution in [-0.4, -0.2) is 32.3 Å². The standard InChI is InChI=1S/C12H18N4O/c1-9-3-2-4-10(15-12(13)14)11(9)16-5-7-17-8-6-16/h2-4H,5-8H2,1H3,(H4,13,14,15). The maximum absolute atomic E-state index is 5.46. The summed E-state index contributed by atoms with van der Waals surface area (Å²) in [6, 6.07) is 5.95. The maximum Gasteiger partial charge on any atom is 0.191 e. The van der Waals surface area contributed by atoms with Crippen molar-refractivity contribution < 1.29 is 4.74 Å². The summed E-state index contributed by atoms with van der Waals surface area (Å²) in [6.45, 7) is 5.30. The van der Waals surface area contributed by atoms with E-state index in [2.05, 4.69) is 22.9 Å². The second-order valence-corrected chi connectivity index (χ2v) is 4.08. The molecule has 1 fully saturated rings. The van der Waals surface area contributed by atoms with Gasteiger partial charge in [0.25, 0.3) is 0 Å². The molecule has 0 aromatic heterocycles. The summed E-state index contributed by atoms with van der Waals surface area (Å²) in [6.07, 6.45) is 0. The number of guanidine groups is 1. The van der Waals surface area contributed by atoms with Crippen molar-refractivity contribution in [2.24, 2.45) is 16.5 Å². The van der Waals surface area contributed by atoms with Gasteiger partial charge in [-0.25, -0.2) is 4.99 Å². The Labute approximate surface area is 101 Å². The minimum Gasteiger partial charge on any atom is -0.378 e. The molecule has 5 heteroatoms. The summed E-state index contributed by atoms with van der Waals surface area (Å²) < 4.78 is 5.36. The van der Waals surface area contributed by atoms with Crippen LogP contribution in [0.4, 0.5) is 11.4 Å². The van der Waals surface area contributed by atoms with Crippen molar-refractivity contribution in [3.05, 3.63) is 23.8 Å². The number of aryl methyl sites for hydroxylation is 1. The van der Waals surface area contributed by atoms with Crippen LogP contribution in [0.1, 0.15) is 5.56 Å². The molecule has 1 aromatic rings. The van der Waals surface area contributed by atoms with E-state index < -0.39 is 0 Å². The highest BCUT2D eigenvalue weighted by molar-refractivity contribution is 5.83. The highest BCUT2D eigenvalue weighted by Gasteiger charge is 2.16. The number of benzene rings is 1. The van der Waals surface area contributed by atoms with E-state index in [-0.39, 0.29) is 5.96 Å². The SMILES string of the molecule is Cc1cccc(N=C(N)N)c1N1CCOCC1. The first-order valence-electron chi connectivity index (χ1n) is 5.70. The Morgan fingerprint density at radius 1 is 1.29 bits per heavy atom. The number of rotatable bonds is 2. The summed E-state index contributed by atoms with van der Waals surface area (Å²) in [5.74, 6) is 0.0881. The zero-order chi connectivity index (χ0) is 12.3. The van der Waals surface area contributed by atoms with Gasteiger partial charge in [-0.05, 0) is 18.6 Å². The largest absolute Gasteiger partial charge is 0.378 e. The van der Waals surface area contributed by atoms with Crippen molar-refractivity contribution in [3.63, 3.8) is 0 Å². The summed E-state index contributed by atoms with van der Waals surface area (Å²) in [4.78, 5) is 6.45. The second kappa shape index (κ2) is 5.05. The Bertz CT molecular complexity index is 421. The highest BCUT2D eigenvalue weighted by atomic mass is 16.5. The molecule has 2 rings (SSSR count). The van der Waals surface area contributed by atoms with E-state index >= 15 is 0 Å². The van der Waals surface area contributed by atoms with Crippen LogP contribution < -0.4 is 16.4 Å². The molecule has 1 saturated heterocycles. The third-order valence-corrected chi connectivity index (χ3v) is 2.79. The predicted molar refractivity (Wildman–Crippen MR) is 69.7 cm³/mol. The fourth-order valence-electron chi connectivity index (χ4n) is 2.07. The zero-order valence-electron chi connectivity index (χ0n) is 10.0. The van der Waals surface area contributed by atoms with Crippen LogP contribution in [0, 0.1) is 6.92 Å². The van der Waals surface area contributed by atoms with E-state index in [1.807, 2.05) is 12.1 Å². The van der Waals surface area contributed by atoms with Gasteiger partial charge in [0, 0.05) is 13.1 Å². The van der Waals surface area contributed by atoms with Crippen LogP contribution >= 0.6 is 0 Å². The minimum absolute atomic E-state index is 0.0881. The molecule has 17 heavy (non-hydrogen) atoms. The molecule has 1 aliphatic heterocycles. The Kier molecular flexibility index (Phi) is 3.49. The fraction of sp³-hybridized carbons (Fsp3) is 0.417. The molecule has 1 aliphatic rings. The Morgan fingerprint density at radius 2 is 2.00 bits per heavy atom. The lowest BCUT2D eigenvalue weighted by Gasteiger charge is -2.31. The lowest BCUT2D eigenvalue weighted by atomic mass is 10.1. The molecule has 0 unspecified atom stereocenters. The quantitative estimate of drug-likeness (QED) is 0.584. The van der Waals surface area contributed by atoms with Crippen molar-refractivity contribution >= 4 is 17.3 Å². The topological polar surface area (TPSA) is 76.9 Å². The average Bonchev–Trinajstić information content (AvgIpc) is 2.29. The molecular formula is C12H18N4O. The molecule has 0 radical (unpaired) electrons. The number of nitrogens with two attached hydrogens (primary N) is 2. The lowest BCUT2D eigenvalue weighted by molar-refractivity contribution is 0.122. The molecule has 0 saturated carbocycles. The molecular weight excluding hydrogens is 216 g/mol. The van der Waals surface area contributed by atoms with Crippen LogP contribution in [0.15, 0.2) is 23.2 Å². The van der Waals surface area contributed by atoms with E-state index in [9.17, 15) is 0 Å². The molecule has 1 aromatic carbocycles. The third-order valence-electron chi connectivity index (χ3n) is 2.79. The molecule has 0 spiro atoms. The highest BCUT2D eigenvalue weighted by Crippen LogP contribution is 2.32. The van der Waals surface area contributed by atoms with Gasteiger partial charge in [-0.2, -0.15) is 0 Å². The molecule has 5 nitrogen and oxygen atoms in total. The summed E-state index contributed by atoms with van der Waals surface area (Å²) in [5, 5.41) is 0. The van der Waals surface area contributed by atoms with Gasteiger partial charge in [-0.1, -0.05) is 12.1 Å². The van der Waals surface area contributed by atoms with Crippen molar-refractivity contribution in [1.29, 1.82) is 0 Å². The number of para-hydroxylation sites is 1. The van der Waals surface area contributed by atoms with Crippen molar-refractivity contribution in [3.8, 4) is 0 Å². The van der Waals surface area contributed by atoms with Gasteiger partial charge < -0.3 is 21.1 Å². The van der Waals surface area contributed by atoms with E-state index in [4.69, 9.17) is 16.2 Å². The first-order chi connectivity index (χ1) is 8.18. The van der Waals surface area contributed by atoms with Gasteiger partial charge in [0.1, 0.15) is 0 Å². The van der Waals surface area contributed by atoms with Gasteiger partial charge in [-0.3, -0.25) is 0 Å². The van der Waals surface area contributed by atoms with E-state index in [0.29, 0.717) is 0 Å². The average molecular weight is 234 g/mol. The van der Waals surface area contributed by atoms with Crippen molar-refractivity contribution in [1.82, 2.24) is 0 Å². The molecule has 0 amide bonds. The molecule has 0 bridgehead atoms. The van der Waals surface area contributed by atoms with Crippen LogP contribution in [0.2, 0.25) is 0 Å². The van der Waals surface area contributed by atoms with Crippen molar-refractivity contribution in [2.75, 3.05) is 31.2 Å². The van der Waals surface area contributed by atoms with E-state index in [1.165, 1.54) is 5.56 Å². The molecule has 4 N–H and O–H groups in total. The summed E-state index contributed by atoms with van der Waals surface area (Å²) >= 11 is 0. The maximum atomic E-state index is 5.46. The Morgan fingerprint density at radius 3 is 2.65 bits per heavy atom. The van der Waals surface area contributed by atoms with Crippen LogP contribution in [0.5, 0.6) is 0 Å². The molecule has 92 valence electrons. The number of hydrogen-bond donors (Lipinski definition) is 2. The number of anilines is 1. The van der Waals surface area contributed by atoms with Gasteiger partial charge in [0.2, 0.25) is 0 Å². The molecule has 0 atom stereocenters. The number of morpholine rings is 1. The number of hydrogen-bond acceptors (Lipinski definition) is 3.